The quantitative estimate of drug-likeness (QED) is 0.373. The Morgan fingerprint density at radius 1 is 0.794 bits per heavy atom. The molecule has 0 radical (unpaired) electrons. The van der Waals surface area contributed by atoms with E-state index < -0.39 is 0 Å². The summed E-state index contributed by atoms with van der Waals surface area (Å²) in [6.07, 6.45) is 7.02. The minimum absolute atomic E-state index is 0.157. The minimum atomic E-state index is -0.329. The van der Waals surface area contributed by atoms with Crippen molar-refractivity contribution in [3.8, 4) is 22.5 Å². The zero-order valence-electron chi connectivity index (χ0n) is 18.2. The van der Waals surface area contributed by atoms with Crippen molar-refractivity contribution >= 4 is 52.4 Å². The molecule has 0 atom stereocenters. The largest absolute Gasteiger partial charge is 0.359 e. The maximum absolute atomic E-state index is 13.5. The number of amides is 1. The van der Waals surface area contributed by atoms with Crippen LogP contribution >= 0.6 is 46.4 Å². The lowest BCUT2D eigenvalue weighted by atomic mass is 9.53. The number of benzene rings is 2. The number of carbonyl (C=O) groups is 1. The van der Waals surface area contributed by atoms with Crippen molar-refractivity contribution in [2.24, 2.45) is 17.8 Å². The fraction of sp³-hybridized carbons (Fsp3) is 0.400. The third-order valence-electron chi connectivity index (χ3n) is 7.58. The van der Waals surface area contributed by atoms with Crippen LogP contribution in [0.5, 0.6) is 0 Å². The van der Waals surface area contributed by atoms with Crippen LogP contribution in [-0.2, 0) is 0 Å². The molecule has 1 heterocycles. The number of hydrogen-bond acceptors (Lipinski definition) is 3. The smallest absolute Gasteiger partial charge is 0.329 e. The molecule has 1 aromatic heterocycles. The second kappa shape index (κ2) is 8.41. The Morgan fingerprint density at radius 2 is 1.24 bits per heavy atom. The van der Waals surface area contributed by atoms with Gasteiger partial charge in [-0.1, -0.05) is 51.2 Å². The highest BCUT2D eigenvalue weighted by atomic mass is 35.5. The summed E-state index contributed by atoms with van der Waals surface area (Å²) in [4.78, 5) is 14.6. The van der Waals surface area contributed by atoms with Gasteiger partial charge in [0.1, 0.15) is 11.4 Å². The number of nitrogens with zero attached hydrogens (tertiary/aromatic N) is 3. The fourth-order valence-corrected chi connectivity index (χ4v) is 7.66. The zero-order chi connectivity index (χ0) is 23.6. The molecule has 4 aliphatic rings. The van der Waals surface area contributed by atoms with Crippen LogP contribution in [0.2, 0.25) is 20.1 Å². The SMILES string of the molecule is O=C(NC12CC3CC(CC(C3)C1)C2)n1nc(-c2ccc(Cl)cc2Cl)c(-c2ccc(Cl)cc2Cl)n1. The number of aromatic nitrogens is 3. The molecule has 3 aromatic rings. The molecule has 1 amide bonds. The fourth-order valence-electron chi connectivity index (χ4n) is 6.66. The van der Waals surface area contributed by atoms with E-state index in [9.17, 15) is 4.79 Å². The molecular formula is C25H22Cl4N4O. The van der Waals surface area contributed by atoms with Gasteiger partial charge < -0.3 is 5.32 Å². The van der Waals surface area contributed by atoms with Crippen molar-refractivity contribution in [3.63, 3.8) is 0 Å². The number of hydrogen-bond donors (Lipinski definition) is 1. The summed E-state index contributed by atoms with van der Waals surface area (Å²) < 4.78 is 0. The first-order chi connectivity index (χ1) is 16.3. The topological polar surface area (TPSA) is 59.8 Å². The van der Waals surface area contributed by atoms with E-state index >= 15 is 0 Å². The zero-order valence-corrected chi connectivity index (χ0v) is 21.2. The highest BCUT2D eigenvalue weighted by Crippen LogP contribution is 2.55. The number of halogens is 4. The Labute approximate surface area is 217 Å². The molecule has 2 aromatic carbocycles. The molecule has 5 nitrogen and oxygen atoms in total. The minimum Gasteiger partial charge on any atom is -0.329 e. The van der Waals surface area contributed by atoms with Gasteiger partial charge in [0.15, 0.2) is 0 Å². The third kappa shape index (κ3) is 4.01. The molecule has 9 heteroatoms. The summed E-state index contributed by atoms with van der Waals surface area (Å²) in [6, 6.07) is 9.94. The van der Waals surface area contributed by atoms with Crippen molar-refractivity contribution in [1.29, 1.82) is 0 Å². The molecule has 1 N–H and O–H groups in total. The monoisotopic (exact) mass is 534 g/mol. The second-order valence-corrected chi connectivity index (χ2v) is 11.8. The van der Waals surface area contributed by atoms with Gasteiger partial charge in [-0.15, -0.1) is 10.2 Å². The van der Waals surface area contributed by atoms with Crippen molar-refractivity contribution in [2.45, 2.75) is 44.1 Å². The van der Waals surface area contributed by atoms with Crippen LogP contribution in [0, 0.1) is 17.8 Å². The molecular weight excluding hydrogens is 514 g/mol. The predicted octanol–water partition coefficient (Wildman–Crippen LogP) is 7.75. The number of carbonyl (C=O) groups excluding carboxylic acids is 1. The van der Waals surface area contributed by atoms with E-state index in [1.807, 2.05) is 0 Å². The van der Waals surface area contributed by atoms with Gasteiger partial charge in [0.2, 0.25) is 0 Å². The highest BCUT2D eigenvalue weighted by Gasteiger charge is 2.51. The first-order valence-electron chi connectivity index (χ1n) is 11.5. The van der Waals surface area contributed by atoms with Crippen molar-refractivity contribution in [3.05, 3.63) is 56.5 Å². The van der Waals surface area contributed by atoms with Gasteiger partial charge in [0, 0.05) is 26.7 Å². The van der Waals surface area contributed by atoms with Gasteiger partial charge in [-0.25, -0.2) is 4.79 Å². The van der Waals surface area contributed by atoms with E-state index in [2.05, 4.69) is 15.5 Å². The predicted molar refractivity (Wildman–Crippen MR) is 136 cm³/mol. The van der Waals surface area contributed by atoms with Crippen molar-refractivity contribution in [2.75, 3.05) is 0 Å². The van der Waals surface area contributed by atoms with E-state index in [-0.39, 0.29) is 11.6 Å². The van der Waals surface area contributed by atoms with Gasteiger partial charge >= 0.3 is 6.03 Å². The summed E-state index contributed by atoms with van der Waals surface area (Å²) in [7, 11) is 0. The molecule has 4 aliphatic carbocycles. The lowest BCUT2D eigenvalue weighted by Gasteiger charge is -2.56. The van der Waals surface area contributed by atoms with Crippen LogP contribution in [0.25, 0.3) is 22.5 Å². The maximum Gasteiger partial charge on any atom is 0.359 e. The van der Waals surface area contributed by atoms with Crippen LogP contribution in [0.4, 0.5) is 4.79 Å². The molecule has 176 valence electrons. The van der Waals surface area contributed by atoms with Gasteiger partial charge in [-0.05, 0) is 92.7 Å². The maximum atomic E-state index is 13.5. The normalized spacial score (nSPS) is 27.2. The summed E-state index contributed by atoms with van der Waals surface area (Å²) in [5.74, 6) is 2.14. The first kappa shape index (κ1) is 22.7. The average Bonchev–Trinajstić information content (AvgIpc) is 3.17. The lowest BCUT2D eigenvalue weighted by molar-refractivity contribution is -0.0138. The lowest BCUT2D eigenvalue weighted by Crippen LogP contribution is -2.60. The Bertz CT molecular complexity index is 1200. The number of nitrogens with one attached hydrogen (secondary N) is 1. The Hall–Kier alpha value is -1.79. The van der Waals surface area contributed by atoms with Crippen molar-refractivity contribution in [1.82, 2.24) is 20.3 Å². The highest BCUT2D eigenvalue weighted by molar-refractivity contribution is 6.37. The van der Waals surface area contributed by atoms with Crippen LogP contribution < -0.4 is 5.32 Å². The Balaban J connectivity index is 1.40. The van der Waals surface area contributed by atoms with Crippen molar-refractivity contribution < 1.29 is 4.79 Å². The molecule has 0 saturated heterocycles. The summed E-state index contributed by atoms with van der Waals surface area (Å²) in [5, 5.41) is 14.3. The van der Waals surface area contributed by atoms with Crippen LogP contribution in [0.1, 0.15) is 38.5 Å². The van der Waals surface area contributed by atoms with E-state index in [4.69, 9.17) is 46.4 Å². The van der Waals surface area contributed by atoms with E-state index in [1.165, 1.54) is 19.3 Å². The second-order valence-electron chi connectivity index (χ2n) is 10.1. The molecule has 34 heavy (non-hydrogen) atoms. The summed E-state index contributed by atoms with van der Waals surface area (Å²) in [6.45, 7) is 0. The Kier molecular flexibility index (Phi) is 5.60. The van der Waals surface area contributed by atoms with Gasteiger partial charge in [-0.2, -0.15) is 0 Å². The summed E-state index contributed by atoms with van der Waals surface area (Å²) in [5.41, 5.74) is 1.97. The molecule has 4 fully saturated rings. The van der Waals surface area contributed by atoms with Gasteiger partial charge in [0.05, 0.1) is 10.0 Å². The Morgan fingerprint density at radius 3 is 1.65 bits per heavy atom. The first-order valence-corrected chi connectivity index (χ1v) is 13.0. The third-order valence-corrected chi connectivity index (χ3v) is 8.67. The molecule has 0 unspecified atom stereocenters. The molecule has 4 saturated carbocycles. The summed E-state index contributed by atoms with van der Waals surface area (Å²) >= 11 is 25.2. The van der Waals surface area contributed by atoms with Gasteiger partial charge in [-0.3, -0.25) is 0 Å². The van der Waals surface area contributed by atoms with Crippen LogP contribution in [0.3, 0.4) is 0 Å². The average molecular weight is 536 g/mol. The van der Waals surface area contributed by atoms with Crippen LogP contribution in [-0.4, -0.2) is 26.6 Å². The number of rotatable bonds is 3. The van der Waals surface area contributed by atoms with E-state index in [0.717, 1.165) is 24.1 Å². The van der Waals surface area contributed by atoms with E-state index in [1.54, 1.807) is 36.4 Å². The van der Waals surface area contributed by atoms with Gasteiger partial charge in [0.25, 0.3) is 0 Å². The molecule has 4 bridgehead atoms. The molecule has 0 aliphatic heterocycles. The van der Waals surface area contributed by atoms with E-state index in [0.29, 0.717) is 60.4 Å². The standard InChI is InChI=1S/C25H22Cl4N4O/c26-16-1-3-18(20(28)8-16)22-23(19-4-2-17(27)9-21(19)29)32-33(31-22)24(34)30-25-10-13-5-14(11-25)7-15(6-13)12-25/h1-4,8-9,13-15H,5-7,10-12H2,(H,30,34). The molecule has 7 rings (SSSR count). The molecule has 0 spiro atoms. The van der Waals surface area contributed by atoms with Crippen LogP contribution in [0.15, 0.2) is 36.4 Å².